The summed E-state index contributed by atoms with van der Waals surface area (Å²) in [7, 11) is 1.74. The maximum atomic E-state index is 12.7. The molecule has 0 bridgehead atoms. The van der Waals surface area contributed by atoms with Crippen LogP contribution in [-0.2, 0) is 10.2 Å². The van der Waals surface area contributed by atoms with Crippen molar-refractivity contribution in [3.8, 4) is 5.75 Å². The number of hydrogen-bond donors (Lipinski definition) is 1. The number of fused-ring (bicyclic) bond motifs is 1. The van der Waals surface area contributed by atoms with Crippen LogP contribution in [0.15, 0.2) is 46.3 Å². The van der Waals surface area contributed by atoms with Crippen LogP contribution in [-0.4, -0.2) is 43.6 Å². The summed E-state index contributed by atoms with van der Waals surface area (Å²) in [5, 5.41) is 5.36. The molecular formula is C27H33BrN2O2S. The first-order chi connectivity index (χ1) is 16.0. The Morgan fingerprint density at radius 1 is 1.30 bits per heavy atom. The first kappa shape index (κ1) is 23.1. The van der Waals surface area contributed by atoms with Crippen LogP contribution in [0.25, 0.3) is 6.08 Å². The molecular weight excluding hydrogens is 496 g/mol. The van der Waals surface area contributed by atoms with Crippen molar-refractivity contribution in [3.05, 3.63) is 56.7 Å². The number of thiophene rings is 1. The Kier molecular flexibility index (Phi) is 6.96. The van der Waals surface area contributed by atoms with Crippen molar-refractivity contribution in [2.24, 2.45) is 11.8 Å². The maximum Gasteiger partial charge on any atom is 0.244 e. The summed E-state index contributed by atoms with van der Waals surface area (Å²) >= 11 is 5.10. The normalized spacial score (nSPS) is 27.9. The molecule has 1 N–H and O–H groups in total. The quantitative estimate of drug-likeness (QED) is 0.456. The first-order valence-corrected chi connectivity index (χ1v) is 13.8. The van der Waals surface area contributed by atoms with Crippen molar-refractivity contribution < 1.29 is 9.53 Å². The molecule has 1 aromatic carbocycles. The molecule has 2 heterocycles. The number of hydrogen-bond acceptors (Lipinski definition) is 4. The number of halogens is 1. The Morgan fingerprint density at radius 2 is 2.18 bits per heavy atom. The molecule has 2 aliphatic carbocycles. The van der Waals surface area contributed by atoms with Crippen LogP contribution < -0.4 is 10.1 Å². The topological polar surface area (TPSA) is 41.6 Å². The molecule has 176 valence electrons. The number of piperidine rings is 1. The van der Waals surface area contributed by atoms with Gasteiger partial charge in [0, 0.05) is 45.4 Å². The van der Waals surface area contributed by atoms with Gasteiger partial charge in [0.2, 0.25) is 5.91 Å². The second-order valence-corrected chi connectivity index (χ2v) is 11.9. The van der Waals surface area contributed by atoms with Gasteiger partial charge in [-0.3, -0.25) is 4.79 Å². The number of amides is 1. The average Bonchev–Trinajstić information content (AvgIpc) is 3.55. The zero-order valence-electron chi connectivity index (χ0n) is 19.3. The number of ether oxygens (including phenoxy) is 1. The fourth-order valence-corrected chi connectivity index (χ4v) is 7.26. The van der Waals surface area contributed by atoms with Gasteiger partial charge in [-0.05, 0) is 103 Å². The minimum atomic E-state index is 0.00920. The first-order valence-electron chi connectivity index (χ1n) is 12.1. The third-order valence-corrected chi connectivity index (χ3v) is 9.46. The molecule has 4 nitrogen and oxygen atoms in total. The summed E-state index contributed by atoms with van der Waals surface area (Å²) in [4.78, 5) is 16.5. The van der Waals surface area contributed by atoms with Crippen molar-refractivity contribution >= 4 is 39.2 Å². The number of carbonyl (C=O) groups excluding carboxylic acids is 1. The molecule has 3 fully saturated rings. The Hall–Kier alpha value is -1.63. The fraction of sp³-hybridized carbons (Fsp3) is 0.519. The number of rotatable bonds is 7. The molecule has 1 saturated heterocycles. The second-order valence-electron chi connectivity index (χ2n) is 10.0. The van der Waals surface area contributed by atoms with Crippen LogP contribution in [0.3, 0.4) is 0 Å². The molecule has 3 aliphatic rings. The van der Waals surface area contributed by atoms with Gasteiger partial charge in [-0.25, -0.2) is 0 Å². The number of carbonyl (C=O) groups is 1. The van der Waals surface area contributed by atoms with Gasteiger partial charge in [0.05, 0.1) is 7.11 Å². The summed E-state index contributed by atoms with van der Waals surface area (Å²) in [6, 6.07) is 10.9. The summed E-state index contributed by atoms with van der Waals surface area (Å²) in [6.07, 6.45) is 10.8. The third kappa shape index (κ3) is 5.39. The van der Waals surface area contributed by atoms with E-state index in [9.17, 15) is 4.79 Å². The van der Waals surface area contributed by atoms with Gasteiger partial charge in [0.25, 0.3) is 0 Å². The minimum absolute atomic E-state index is 0.00920. The van der Waals surface area contributed by atoms with Gasteiger partial charge in [-0.1, -0.05) is 12.1 Å². The molecule has 6 heteroatoms. The van der Waals surface area contributed by atoms with Crippen molar-refractivity contribution in [1.82, 2.24) is 10.2 Å². The van der Waals surface area contributed by atoms with Gasteiger partial charge in [-0.2, -0.15) is 0 Å². The van der Waals surface area contributed by atoms with E-state index in [4.69, 9.17) is 4.74 Å². The highest BCUT2D eigenvalue weighted by molar-refractivity contribution is 9.10. The van der Waals surface area contributed by atoms with E-state index in [0.717, 1.165) is 53.2 Å². The highest BCUT2D eigenvalue weighted by Crippen LogP contribution is 2.50. The minimum Gasteiger partial charge on any atom is -0.497 e. The highest BCUT2D eigenvalue weighted by Gasteiger charge is 2.48. The van der Waals surface area contributed by atoms with Crippen LogP contribution in [0.2, 0.25) is 0 Å². The molecule has 1 aliphatic heterocycles. The summed E-state index contributed by atoms with van der Waals surface area (Å²) in [6.45, 7) is 3.61. The Bertz CT molecular complexity index is 1020. The molecule has 2 saturated carbocycles. The van der Waals surface area contributed by atoms with Crippen molar-refractivity contribution in [1.29, 1.82) is 0 Å². The number of methoxy groups -OCH3 is 1. The molecule has 33 heavy (non-hydrogen) atoms. The number of nitrogens with one attached hydrogen (secondary N) is 1. The molecule has 5 rings (SSSR count). The fourth-order valence-electron chi connectivity index (χ4n) is 5.93. The van der Waals surface area contributed by atoms with E-state index in [2.05, 4.69) is 44.3 Å². The molecule has 1 amide bonds. The van der Waals surface area contributed by atoms with Crippen LogP contribution in [0.1, 0.15) is 49.0 Å². The maximum absolute atomic E-state index is 12.7. The Balaban J connectivity index is 1.32. The Morgan fingerprint density at radius 3 is 2.94 bits per heavy atom. The van der Waals surface area contributed by atoms with Gasteiger partial charge >= 0.3 is 0 Å². The van der Waals surface area contributed by atoms with Crippen LogP contribution >= 0.6 is 27.3 Å². The lowest BCUT2D eigenvalue weighted by molar-refractivity contribution is -0.117. The Labute approximate surface area is 209 Å². The van der Waals surface area contributed by atoms with E-state index >= 15 is 0 Å². The molecule has 3 atom stereocenters. The van der Waals surface area contributed by atoms with E-state index < -0.39 is 0 Å². The van der Waals surface area contributed by atoms with E-state index in [1.807, 2.05) is 23.6 Å². The zero-order chi connectivity index (χ0) is 22.8. The van der Waals surface area contributed by atoms with Gasteiger partial charge in [0.15, 0.2) is 0 Å². The van der Waals surface area contributed by atoms with Crippen LogP contribution in [0.4, 0.5) is 0 Å². The molecule has 0 radical (unpaired) electrons. The second kappa shape index (κ2) is 9.93. The SMILES string of the molecule is COc1cccc([C@@]23CCN(CC4CC4)C[C@H]2CC[C@@H](NC(=O)/C=C/c2cc(Br)cs2)C3)c1. The van der Waals surface area contributed by atoms with Crippen molar-refractivity contribution in [3.63, 3.8) is 0 Å². The summed E-state index contributed by atoms with van der Waals surface area (Å²) in [5.41, 5.74) is 1.49. The molecule has 0 spiro atoms. The number of nitrogens with zero attached hydrogens (tertiary/aromatic N) is 1. The van der Waals surface area contributed by atoms with Gasteiger partial charge in [-0.15, -0.1) is 11.3 Å². The molecule has 2 aromatic rings. The van der Waals surface area contributed by atoms with E-state index in [1.54, 1.807) is 24.5 Å². The number of likely N-dealkylation sites (tertiary alicyclic amines) is 1. The third-order valence-electron chi connectivity index (χ3n) is 7.80. The lowest BCUT2D eigenvalue weighted by Gasteiger charge is -2.53. The monoisotopic (exact) mass is 528 g/mol. The van der Waals surface area contributed by atoms with E-state index in [1.165, 1.54) is 31.5 Å². The smallest absolute Gasteiger partial charge is 0.244 e. The standard InChI is InChI=1S/C27H33BrN2O2S/c1-32-24-4-2-3-20(13-24)27-11-12-30(16-19-5-6-19)17-21(27)7-8-23(15-27)29-26(31)10-9-25-14-22(28)18-33-25/h2-4,9-10,13-14,18-19,21,23H,5-8,11-12,15-17H2,1H3,(H,29,31)/b10-9+/t21-,23-,27+/m1/s1. The molecule has 0 unspecified atom stereocenters. The molecule has 1 aromatic heterocycles. The lowest BCUT2D eigenvalue weighted by atomic mass is 9.58. The van der Waals surface area contributed by atoms with Crippen LogP contribution in [0.5, 0.6) is 5.75 Å². The lowest BCUT2D eigenvalue weighted by Crippen LogP contribution is -2.56. The summed E-state index contributed by atoms with van der Waals surface area (Å²) < 4.78 is 6.63. The average molecular weight is 530 g/mol. The van der Waals surface area contributed by atoms with E-state index in [-0.39, 0.29) is 17.4 Å². The van der Waals surface area contributed by atoms with Crippen LogP contribution in [0, 0.1) is 11.8 Å². The van der Waals surface area contributed by atoms with Gasteiger partial charge in [0.1, 0.15) is 5.75 Å². The zero-order valence-corrected chi connectivity index (χ0v) is 21.7. The van der Waals surface area contributed by atoms with E-state index in [0.29, 0.717) is 5.92 Å². The van der Waals surface area contributed by atoms with Gasteiger partial charge < -0.3 is 15.0 Å². The van der Waals surface area contributed by atoms with Crippen molar-refractivity contribution in [2.75, 3.05) is 26.7 Å². The summed E-state index contributed by atoms with van der Waals surface area (Å²) in [5.74, 6) is 2.50. The number of benzene rings is 1. The predicted molar refractivity (Wildman–Crippen MR) is 139 cm³/mol. The predicted octanol–water partition coefficient (Wildman–Crippen LogP) is 5.87. The van der Waals surface area contributed by atoms with Crippen molar-refractivity contribution in [2.45, 2.75) is 50.0 Å². The highest BCUT2D eigenvalue weighted by atomic mass is 79.9. The largest absolute Gasteiger partial charge is 0.497 e.